The summed E-state index contributed by atoms with van der Waals surface area (Å²) >= 11 is 0. The molecular formula is C25H20F5NO4. The maximum atomic E-state index is 14.5. The second-order valence-electron chi connectivity index (χ2n) is 7.80. The monoisotopic (exact) mass is 493 g/mol. The van der Waals surface area contributed by atoms with E-state index in [1.807, 2.05) is 0 Å². The van der Waals surface area contributed by atoms with Crippen LogP contribution in [0.3, 0.4) is 0 Å². The van der Waals surface area contributed by atoms with Crippen molar-refractivity contribution < 1.29 is 41.0 Å². The van der Waals surface area contributed by atoms with Crippen LogP contribution in [0.1, 0.15) is 33.1 Å². The molecule has 10 heteroatoms. The number of hydrogen-bond acceptors (Lipinski definition) is 4. The highest BCUT2D eigenvalue weighted by molar-refractivity contribution is 5.95. The highest BCUT2D eigenvalue weighted by Gasteiger charge is 2.37. The van der Waals surface area contributed by atoms with E-state index < -0.39 is 35.7 Å². The van der Waals surface area contributed by atoms with E-state index in [0.29, 0.717) is 29.5 Å². The molecule has 0 radical (unpaired) electrons. The average Bonchev–Trinajstić information content (AvgIpc) is 2.81. The summed E-state index contributed by atoms with van der Waals surface area (Å²) in [4.78, 5) is 14.8. The molecule has 5 nitrogen and oxygen atoms in total. The molecule has 3 aromatic carbocycles. The zero-order valence-corrected chi connectivity index (χ0v) is 18.7. The molecule has 0 fully saturated rings. The van der Waals surface area contributed by atoms with Crippen molar-refractivity contribution in [2.75, 3.05) is 20.8 Å². The molecule has 0 bridgehead atoms. The molecule has 184 valence electrons. The standard InChI is InChI=1S/C25H20F5NO4/c1-33-18-10-14-8-9-31(24(32)19-7-6-16(26)12-20(19)27)23(22(14)21(13-18)34-2)15-4-3-5-17(11-15)35-25(28,29)30/h3-7,10-13,23H,8-9H2,1-2H3. The first-order valence-electron chi connectivity index (χ1n) is 10.5. The molecule has 0 N–H and O–H groups in total. The third kappa shape index (κ3) is 5.01. The summed E-state index contributed by atoms with van der Waals surface area (Å²) in [6.45, 7) is 0.105. The van der Waals surface area contributed by atoms with Gasteiger partial charge in [0.1, 0.15) is 28.9 Å². The predicted molar refractivity (Wildman–Crippen MR) is 116 cm³/mol. The number of rotatable bonds is 5. The van der Waals surface area contributed by atoms with Gasteiger partial charge in [0.15, 0.2) is 0 Å². The summed E-state index contributed by atoms with van der Waals surface area (Å²) < 4.78 is 81.5. The maximum Gasteiger partial charge on any atom is 0.573 e. The van der Waals surface area contributed by atoms with Crippen LogP contribution >= 0.6 is 0 Å². The first-order chi connectivity index (χ1) is 16.6. The largest absolute Gasteiger partial charge is 0.573 e. The number of methoxy groups -OCH3 is 2. The Hall–Kier alpha value is -3.82. The second-order valence-corrected chi connectivity index (χ2v) is 7.80. The number of carbonyl (C=O) groups is 1. The molecule has 1 unspecified atom stereocenters. The molecular weight excluding hydrogens is 473 g/mol. The van der Waals surface area contributed by atoms with Gasteiger partial charge in [0.05, 0.1) is 25.8 Å². The van der Waals surface area contributed by atoms with Gasteiger partial charge in [-0.3, -0.25) is 4.79 Å². The lowest BCUT2D eigenvalue weighted by molar-refractivity contribution is -0.274. The lowest BCUT2D eigenvalue weighted by Crippen LogP contribution is -2.41. The molecule has 0 spiro atoms. The number of ether oxygens (including phenoxy) is 3. The highest BCUT2D eigenvalue weighted by Crippen LogP contribution is 2.44. The summed E-state index contributed by atoms with van der Waals surface area (Å²) in [5, 5.41) is 0. The van der Waals surface area contributed by atoms with Crippen molar-refractivity contribution in [3.05, 3.63) is 88.5 Å². The van der Waals surface area contributed by atoms with Crippen LogP contribution in [0.4, 0.5) is 22.0 Å². The van der Waals surface area contributed by atoms with Gasteiger partial charge in [-0.2, -0.15) is 0 Å². The van der Waals surface area contributed by atoms with Crippen molar-refractivity contribution in [1.29, 1.82) is 0 Å². The Morgan fingerprint density at radius 2 is 1.74 bits per heavy atom. The lowest BCUT2D eigenvalue weighted by Gasteiger charge is -2.39. The third-order valence-electron chi connectivity index (χ3n) is 5.69. The van der Waals surface area contributed by atoms with E-state index in [9.17, 15) is 26.7 Å². The van der Waals surface area contributed by atoms with Crippen molar-refractivity contribution >= 4 is 5.91 Å². The third-order valence-corrected chi connectivity index (χ3v) is 5.69. The molecule has 35 heavy (non-hydrogen) atoms. The van der Waals surface area contributed by atoms with Crippen molar-refractivity contribution in [2.45, 2.75) is 18.8 Å². The van der Waals surface area contributed by atoms with Crippen LogP contribution in [-0.2, 0) is 6.42 Å². The summed E-state index contributed by atoms with van der Waals surface area (Å²) in [7, 11) is 2.89. The van der Waals surface area contributed by atoms with E-state index in [4.69, 9.17) is 9.47 Å². The maximum absolute atomic E-state index is 14.5. The number of carbonyl (C=O) groups excluding carboxylic acids is 1. The van der Waals surface area contributed by atoms with Gasteiger partial charge in [-0.25, -0.2) is 8.78 Å². The minimum atomic E-state index is -4.92. The Morgan fingerprint density at radius 3 is 2.40 bits per heavy atom. The molecule has 0 aliphatic carbocycles. The lowest BCUT2D eigenvalue weighted by atomic mass is 9.86. The van der Waals surface area contributed by atoms with Crippen molar-refractivity contribution in [2.24, 2.45) is 0 Å². The molecule has 3 aromatic rings. The number of hydrogen-bond donors (Lipinski definition) is 0. The van der Waals surface area contributed by atoms with Gasteiger partial charge in [-0.1, -0.05) is 12.1 Å². The summed E-state index contributed by atoms with van der Waals surface area (Å²) in [5.74, 6) is -2.28. The van der Waals surface area contributed by atoms with Crippen LogP contribution in [-0.4, -0.2) is 37.9 Å². The van der Waals surface area contributed by atoms with Gasteiger partial charge in [0.25, 0.3) is 5.91 Å². The van der Waals surface area contributed by atoms with Crippen LogP contribution in [0.25, 0.3) is 0 Å². The van der Waals surface area contributed by atoms with Gasteiger partial charge in [-0.15, -0.1) is 13.2 Å². The Balaban J connectivity index is 1.88. The quantitative estimate of drug-likeness (QED) is 0.430. The number of alkyl halides is 3. The van der Waals surface area contributed by atoms with Crippen LogP contribution in [0, 0.1) is 11.6 Å². The molecule has 1 amide bonds. The fourth-order valence-corrected chi connectivity index (χ4v) is 4.25. The molecule has 0 saturated heterocycles. The van der Waals surface area contributed by atoms with Crippen molar-refractivity contribution in [1.82, 2.24) is 4.90 Å². The van der Waals surface area contributed by atoms with E-state index >= 15 is 0 Å². The SMILES string of the molecule is COc1cc2c(c(OC)c1)C(c1cccc(OC(F)(F)F)c1)N(C(=O)c1ccc(F)cc1F)CC2. The number of amides is 1. The second kappa shape index (κ2) is 9.44. The first-order valence-corrected chi connectivity index (χ1v) is 10.5. The predicted octanol–water partition coefficient (Wildman–Crippen LogP) is 5.67. The van der Waals surface area contributed by atoms with E-state index in [2.05, 4.69) is 4.74 Å². The Bertz CT molecular complexity index is 1240. The van der Waals surface area contributed by atoms with Crippen LogP contribution in [0.5, 0.6) is 17.2 Å². The smallest absolute Gasteiger partial charge is 0.497 e. The fraction of sp³-hybridized carbons (Fsp3) is 0.240. The van der Waals surface area contributed by atoms with Gasteiger partial charge in [0, 0.05) is 24.2 Å². The molecule has 0 aromatic heterocycles. The first kappa shape index (κ1) is 24.3. The normalized spacial score (nSPS) is 15.4. The summed E-state index contributed by atoms with van der Waals surface area (Å²) in [6.07, 6.45) is -4.58. The molecule has 4 rings (SSSR count). The van der Waals surface area contributed by atoms with Crippen molar-refractivity contribution in [3.8, 4) is 17.2 Å². The molecule has 1 atom stereocenters. The zero-order chi connectivity index (χ0) is 25.3. The van der Waals surface area contributed by atoms with Crippen LogP contribution in [0.2, 0.25) is 0 Å². The van der Waals surface area contributed by atoms with Gasteiger partial charge in [-0.05, 0) is 47.9 Å². The Labute approximate surface area is 197 Å². The molecule has 1 aliphatic rings. The Morgan fingerprint density at radius 1 is 0.971 bits per heavy atom. The van der Waals surface area contributed by atoms with E-state index in [1.54, 1.807) is 12.1 Å². The van der Waals surface area contributed by atoms with Gasteiger partial charge >= 0.3 is 6.36 Å². The average molecular weight is 493 g/mol. The molecule has 0 saturated carbocycles. The number of fused-ring (bicyclic) bond motifs is 1. The fourth-order valence-electron chi connectivity index (χ4n) is 4.25. The minimum Gasteiger partial charge on any atom is -0.497 e. The number of halogens is 5. The summed E-state index contributed by atoms with van der Waals surface area (Å²) in [6, 6.07) is 10.2. The topological polar surface area (TPSA) is 48.0 Å². The van der Waals surface area contributed by atoms with E-state index in [-0.39, 0.29) is 17.7 Å². The summed E-state index contributed by atoms with van der Waals surface area (Å²) in [5.41, 5.74) is 1.18. The van der Waals surface area contributed by atoms with Gasteiger partial charge in [0.2, 0.25) is 0 Å². The number of nitrogens with zero attached hydrogens (tertiary/aromatic N) is 1. The van der Waals surface area contributed by atoms with Gasteiger partial charge < -0.3 is 19.1 Å². The highest BCUT2D eigenvalue weighted by atomic mass is 19.4. The zero-order valence-electron chi connectivity index (χ0n) is 18.7. The van der Waals surface area contributed by atoms with Crippen molar-refractivity contribution in [3.63, 3.8) is 0 Å². The number of benzene rings is 3. The van der Waals surface area contributed by atoms with Crippen LogP contribution < -0.4 is 14.2 Å². The minimum absolute atomic E-state index is 0.105. The van der Waals surface area contributed by atoms with E-state index in [1.165, 1.54) is 31.3 Å². The Kier molecular flexibility index (Phi) is 6.56. The molecule has 1 heterocycles. The van der Waals surface area contributed by atoms with E-state index in [0.717, 1.165) is 29.8 Å². The van der Waals surface area contributed by atoms with Crippen LogP contribution in [0.15, 0.2) is 54.6 Å². The molecule has 1 aliphatic heterocycles.